The molecule has 2 amide bonds. The SMILES string of the molecule is Nc1ncnc2c1c(-c1ccc(Oc3ccccc3)cc1)nn2C1CCN(Cc2cccc(F)c2C2CCC(=O)NC2=O)CC1. The zero-order chi connectivity index (χ0) is 30.9. The molecular weight excluding hydrogens is 573 g/mol. The maximum atomic E-state index is 15.1. The number of amides is 2. The average Bonchev–Trinajstić information content (AvgIpc) is 3.44. The summed E-state index contributed by atoms with van der Waals surface area (Å²) in [5.74, 6) is 0.0102. The first-order valence-electron chi connectivity index (χ1n) is 15.1. The quantitative estimate of drug-likeness (QED) is 0.237. The van der Waals surface area contributed by atoms with E-state index in [-0.39, 0.29) is 18.4 Å². The summed E-state index contributed by atoms with van der Waals surface area (Å²) >= 11 is 0. The number of anilines is 1. The highest BCUT2D eigenvalue weighted by atomic mass is 19.1. The van der Waals surface area contributed by atoms with Gasteiger partial charge in [-0.25, -0.2) is 19.0 Å². The first-order valence-corrected chi connectivity index (χ1v) is 15.1. The summed E-state index contributed by atoms with van der Waals surface area (Å²) in [6.07, 6.45) is 3.57. The van der Waals surface area contributed by atoms with Gasteiger partial charge < -0.3 is 10.5 Å². The summed E-state index contributed by atoms with van der Waals surface area (Å²) in [7, 11) is 0. The minimum atomic E-state index is -0.672. The normalized spacial score (nSPS) is 17.8. The molecule has 3 N–H and O–H groups in total. The number of halogens is 1. The number of likely N-dealkylation sites (tertiary alicyclic amines) is 1. The molecule has 45 heavy (non-hydrogen) atoms. The Morgan fingerprint density at radius 1 is 0.911 bits per heavy atom. The zero-order valence-corrected chi connectivity index (χ0v) is 24.5. The Morgan fingerprint density at radius 2 is 1.67 bits per heavy atom. The van der Waals surface area contributed by atoms with E-state index < -0.39 is 17.6 Å². The number of rotatable bonds is 7. The molecule has 0 bridgehead atoms. The molecule has 2 aromatic heterocycles. The summed E-state index contributed by atoms with van der Waals surface area (Å²) in [5.41, 5.74) is 9.81. The molecule has 2 saturated heterocycles. The van der Waals surface area contributed by atoms with Crippen molar-refractivity contribution >= 4 is 28.7 Å². The number of ether oxygens (including phenoxy) is 1. The number of nitrogen functional groups attached to an aromatic ring is 1. The zero-order valence-electron chi connectivity index (χ0n) is 24.5. The summed E-state index contributed by atoms with van der Waals surface area (Å²) in [6, 6.07) is 22.3. The van der Waals surface area contributed by atoms with Gasteiger partial charge >= 0.3 is 0 Å². The van der Waals surface area contributed by atoms with E-state index in [1.807, 2.05) is 65.3 Å². The number of aromatic nitrogens is 4. The Balaban J connectivity index is 1.09. The van der Waals surface area contributed by atoms with Crippen LogP contribution >= 0.6 is 0 Å². The fourth-order valence-corrected chi connectivity index (χ4v) is 6.40. The molecule has 2 aliphatic rings. The summed E-state index contributed by atoms with van der Waals surface area (Å²) in [6.45, 7) is 2.01. The predicted octanol–water partition coefficient (Wildman–Crippen LogP) is 5.36. The van der Waals surface area contributed by atoms with Crippen LogP contribution in [-0.2, 0) is 16.1 Å². The number of nitrogens with one attached hydrogen (secondary N) is 1. The topological polar surface area (TPSA) is 128 Å². The number of hydrogen-bond donors (Lipinski definition) is 2. The van der Waals surface area contributed by atoms with E-state index in [0.29, 0.717) is 46.8 Å². The van der Waals surface area contributed by atoms with Gasteiger partial charge in [-0.3, -0.25) is 19.8 Å². The van der Waals surface area contributed by atoms with Crippen LogP contribution in [0.1, 0.15) is 48.8 Å². The van der Waals surface area contributed by atoms with Gasteiger partial charge in [0.1, 0.15) is 35.2 Å². The van der Waals surface area contributed by atoms with Gasteiger partial charge in [0.2, 0.25) is 11.8 Å². The number of para-hydroxylation sites is 1. The number of hydrogen-bond acceptors (Lipinski definition) is 8. The number of fused-ring (bicyclic) bond motifs is 1. The number of piperidine rings is 2. The molecular formula is C34H32FN7O3. The summed E-state index contributed by atoms with van der Waals surface area (Å²) in [4.78, 5) is 35.4. The number of carbonyl (C=O) groups excluding carboxylic acids is 2. The van der Waals surface area contributed by atoms with Gasteiger partial charge in [0, 0.05) is 37.2 Å². The third-order valence-corrected chi connectivity index (χ3v) is 8.65. The van der Waals surface area contributed by atoms with Gasteiger partial charge in [0.05, 0.1) is 17.3 Å². The van der Waals surface area contributed by atoms with Crippen molar-refractivity contribution in [3.63, 3.8) is 0 Å². The van der Waals surface area contributed by atoms with Crippen LogP contribution in [0, 0.1) is 5.82 Å². The Bertz CT molecular complexity index is 1870. The van der Waals surface area contributed by atoms with Crippen molar-refractivity contribution in [2.45, 2.75) is 44.2 Å². The Kier molecular flexibility index (Phi) is 7.68. The molecule has 0 radical (unpaired) electrons. The molecule has 7 rings (SSSR count). The largest absolute Gasteiger partial charge is 0.457 e. The van der Waals surface area contributed by atoms with Crippen molar-refractivity contribution < 1.29 is 18.7 Å². The monoisotopic (exact) mass is 605 g/mol. The predicted molar refractivity (Wildman–Crippen MR) is 167 cm³/mol. The van der Waals surface area contributed by atoms with Crippen LogP contribution < -0.4 is 15.8 Å². The summed E-state index contributed by atoms with van der Waals surface area (Å²) in [5, 5.41) is 8.10. The van der Waals surface area contributed by atoms with Crippen molar-refractivity contribution in [2.24, 2.45) is 0 Å². The lowest BCUT2D eigenvalue weighted by molar-refractivity contribution is -0.134. The van der Waals surface area contributed by atoms with Gasteiger partial charge in [-0.2, -0.15) is 5.10 Å². The van der Waals surface area contributed by atoms with Crippen LogP contribution in [-0.4, -0.2) is 49.6 Å². The third kappa shape index (κ3) is 5.74. The van der Waals surface area contributed by atoms with Crippen molar-refractivity contribution in [1.29, 1.82) is 0 Å². The molecule has 2 aliphatic heterocycles. The second kappa shape index (κ2) is 12.1. The molecule has 11 heteroatoms. The van der Waals surface area contributed by atoms with E-state index in [2.05, 4.69) is 20.2 Å². The highest BCUT2D eigenvalue weighted by Gasteiger charge is 2.33. The highest BCUT2D eigenvalue weighted by molar-refractivity contribution is 6.01. The number of nitrogens with zero attached hydrogens (tertiary/aromatic N) is 5. The van der Waals surface area contributed by atoms with Crippen LogP contribution in [0.5, 0.6) is 11.5 Å². The Labute approximate surface area is 259 Å². The maximum absolute atomic E-state index is 15.1. The molecule has 3 aromatic carbocycles. The number of imide groups is 1. The van der Waals surface area contributed by atoms with E-state index in [1.54, 1.807) is 6.07 Å². The van der Waals surface area contributed by atoms with Gasteiger partial charge in [-0.1, -0.05) is 30.3 Å². The van der Waals surface area contributed by atoms with Gasteiger partial charge in [-0.15, -0.1) is 0 Å². The fourth-order valence-electron chi connectivity index (χ4n) is 6.40. The molecule has 2 fully saturated rings. The Morgan fingerprint density at radius 3 is 2.42 bits per heavy atom. The van der Waals surface area contributed by atoms with Crippen LogP contribution in [0.3, 0.4) is 0 Å². The number of nitrogens with two attached hydrogens (primary N) is 1. The fraction of sp³-hybridized carbons (Fsp3) is 0.265. The smallest absolute Gasteiger partial charge is 0.234 e. The summed E-state index contributed by atoms with van der Waals surface area (Å²) < 4.78 is 23.0. The lowest BCUT2D eigenvalue weighted by Crippen LogP contribution is -2.40. The molecule has 228 valence electrons. The average molecular weight is 606 g/mol. The van der Waals surface area contributed by atoms with Crippen LogP contribution in [0.15, 0.2) is 79.1 Å². The van der Waals surface area contributed by atoms with E-state index in [9.17, 15) is 9.59 Å². The first kappa shape index (κ1) is 28.6. The standard InChI is InChI=1S/C34H32FN7O3/c35-27-8-4-5-22(29(27)26-13-14-28(43)39-34(26)44)19-41-17-15-23(16-18-41)42-33-30(32(36)37-20-38-33)31(40-42)21-9-11-25(12-10-21)45-24-6-2-1-3-7-24/h1-12,20,23,26H,13-19H2,(H2,36,37,38)(H,39,43,44). The Hall–Kier alpha value is -5.16. The molecule has 1 atom stereocenters. The lowest BCUT2D eigenvalue weighted by Gasteiger charge is -2.33. The minimum absolute atomic E-state index is 0.0783. The van der Waals surface area contributed by atoms with Crippen molar-refractivity contribution in [3.05, 3.63) is 96.1 Å². The maximum Gasteiger partial charge on any atom is 0.234 e. The second-order valence-electron chi connectivity index (χ2n) is 11.5. The number of benzene rings is 3. The molecule has 0 spiro atoms. The van der Waals surface area contributed by atoms with Crippen LogP contribution in [0.25, 0.3) is 22.3 Å². The van der Waals surface area contributed by atoms with Gasteiger partial charge in [0.15, 0.2) is 5.65 Å². The van der Waals surface area contributed by atoms with E-state index in [0.717, 1.165) is 42.8 Å². The molecule has 4 heterocycles. The van der Waals surface area contributed by atoms with Crippen LogP contribution in [0.4, 0.5) is 10.2 Å². The highest BCUT2D eigenvalue weighted by Crippen LogP contribution is 2.36. The minimum Gasteiger partial charge on any atom is -0.457 e. The van der Waals surface area contributed by atoms with E-state index in [4.69, 9.17) is 15.6 Å². The lowest BCUT2D eigenvalue weighted by atomic mass is 9.86. The van der Waals surface area contributed by atoms with E-state index in [1.165, 1.54) is 12.4 Å². The van der Waals surface area contributed by atoms with Crippen molar-refractivity contribution in [2.75, 3.05) is 18.8 Å². The van der Waals surface area contributed by atoms with Gasteiger partial charge in [-0.05, 0) is 67.3 Å². The molecule has 0 saturated carbocycles. The molecule has 5 aromatic rings. The van der Waals surface area contributed by atoms with E-state index >= 15 is 4.39 Å². The van der Waals surface area contributed by atoms with Crippen molar-refractivity contribution in [3.8, 4) is 22.8 Å². The van der Waals surface area contributed by atoms with Crippen molar-refractivity contribution in [1.82, 2.24) is 30.0 Å². The van der Waals surface area contributed by atoms with Gasteiger partial charge in [0.25, 0.3) is 0 Å². The third-order valence-electron chi connectivity index (χ3n) is 8.65. The molecule has 0 aliphatic carbocycles. The van der Waals surface area contributed by atoms with Crippen LogP contribution in [0.2, 0.25) is 0 Å². The number of carbonyl (C=O) groups is 2. The second-order valence-corrected chi connectivity index (χ2v) is 11.5. The first-order chi connectivity index (χ1) is 21.9. The molecule has 1 unspecified atom stereocenters. The molecule has 10 nitrogen and oxygen atoms in total.